The molecule has 0 saturated heterocycles. The van der Waals surface area contributed by atoms with Crippen molar-refractivity contribution in [3.63, 3.8) is 0 Å². The molecule has 0 aliphatic heterocycles. The molecule has 1 fully saturated rings. The lowest BCUT2D eigenvalue weighted by Crippen LogP contribution is -2.59. The number of methoxy groups -OCH3 is 1. The van der Waals surface area contributed by atoms with E-state index >= 15 is 0 Å². The van der Waals surface area contributed by atoms with E-state index in [-0.39, 0.29) is 23.5 Å². The van der Waals surface area contributed by atoms with E-state index in [1.807, 2.05) is 12.1 Å². The Labute approximate surface area is 198 Å². The van der Waals surface area contributed by atoms with Gasteiger partial charge in [-0.2, -0.15) is 0 Å². The quantitative estimate of drug-likeness (QED) is 0.455. The van der Waals surface area contributed by atoms with Gasteiger partial charge in [0.2, 0.25) is 5.91 Å². The van der Waals surface area contributed by atoms with Gasteiger partial charge in [0, 0.05) is 30.6 Å². The molecule has 0 radical (unpaired) electrons. The number of carbonyl (C=O) groups excluding carboxylic acids is 1. The molecule has 1 aromatic rings. The molecule has 2 aliphatic rings. The molecular formula is C27H42N2O4. The van der Waals surface area contributed by atoms with Gasteiger partial charge in [-0.1, -0.05) is 52.0 Å². The number of fused-ring (bicyclic) bond motifs is 1. The standard InChI is InChI=1S/C27H42N2O4/c1-4-27(5-2)22-16-20(25(28)30)12-11-19(22)17-23(33-3)24(27)29-14-13-21(26(31)32)15-18-9-7-6-8-10-18/h11-12,16,18,21,23-24,29H,4-10,13-15,17H2,1-3H3,(H2,28,30)(H,31,32)/t21?,23-,24+/m0/s1. The topological polar surface area (TPSA) is 102 Å². The summed E-state index contributed by atoms with van der Waals surface area (Å²) in [5.74, 6) is -0.852. The van der Waals surface area contributed by atoms with E-state index in [1.165, 1.54) is 43.2 Å². The minimum Gasteiger partial charge on any atom is -0.481 e. The molecular weight excluding hydrogens is 416 g/mol. The van der Waals surface area contributed by atoms with E-state index in [1.54, 1.807) is 13.2 Å². The molecule has 6 heteroatoms. The highest BCUT2D eigenvalue weighted by molar-refractivity contribution is 5.93. The van der Waals surface area contributed by atoms with Crippen LogP contribution in [0.25, 0.3) is 0 Å². The average molecular weight is 459 g/mol. The number of ether oxygens (including phenoxy) is 1. The van der Waals surface area contributed by atoms with Gasteiger partial charge in [0.15, 0.2) is 0 Å². The molecule has 0 aromatic heterocycles. The van der Waals surface area contributed by atoms with Crippen LogP contribution in [-0.4, -0.2) is 42.8 Å². The largest absolute Gasteiger partial charge is 0.481 e. The summed E-state index contributed by atoms with van der Waals surface area (Å²) in [7, 11) is 1.75. The van der Waals surface area contributed by atoms with Crippen LogP contribution < -0.4 is 11.1 Å². The Morgan fingerprint density at radius 1 is 1.21 bits per heavy atom. The fraction of sp³-hybridized carbons (Fsp3) is 0.704. The maximum Gasteiger partial charge on any atom is 0.306 e. The van der Waals surface area contributed by atoms with Crippen LogP contribution in [0.3, 0.4) is 0 Å². The second kappa shape index (κ2) is 11.5. The molecule has 4 N–H and O–H groups in total. The SMILES string of the molecule is CCC1(CC)c2cc(C(N)=O)ccc2C[C@H](OC)[C@H]1NCCC(CC1CCCCC1)C(=O)O. The summed E-state index contributed by atoms with van der Waals surface area (Å²) in [5.41, 5.74) is 8.29. The number of primary amides is 1. The van der Waals surface area contributed by atoms with E-state index in [2.05, 4.69) is 19.2 Å². The van der Waals surface area contributed by atoms with Crippen LogP contribution in [0.15, 0.2) is 18.2 Å². The number of aliphatic carboxylic acids is 1. The smallest absolute Gasteiger partial charge is 0.306 e. The van der Waals surface area contributed by atoms with Crippen LogP contribution in [0.1, 0.15) is 93.1 Å². The molecule has 184 valence electrons. The minimum absolute atomic E-state index is 0.0153. The zero-order valence-corrected chi connectivity index (χ0v) is 20.6. The first-order valence-corrected chi connectivity index (χ1v) is 12.8. The van der Waals surface area contributed by atoms with E-state index in [9.17, 15) is 14.7 Å². The third-order valence-corrected chi connectivity index (χ3v) is 8.43. The van der Waals surface area contributed by atoms with Gasteiger partial charge in [0.05, 0.1) is 12.0 Å². The van der Waals surface area contributed by atoms with Gasteiger partial charge in [0.25, 0.3) is 0 Å². The minimum atomic E-state index is -0.678. The Balaban J connectivity index is 1.78. The number of benzene rings is 1. The fourth-order valence-electron chi connectivity index (χ4n) is 6.43. The fourth-order valence-corrected chi connectivity index (χ4v) is 6.43. The maximum atomic E-state index is 12.0. The predicted octanol–water partition coefficient (Wildman–Crippen LogP) is 4.43. The molecule has 0 spiro atoms. The van der Waals surface area contributed by atoms with E-state index in [0.29, 0.717) is 24.4 Å². The highest BCUT2D eigenvalue weighted by Crippen LogP contribution is 2.44. The van der Waals surface area contributed by atoms with Crippen LogP contribution in [0, 0.1) is 11.8 Å². The van der Waals surface area contributed by atoms with Crippen molar-refractivity contribution < 1.29 is 19.4 Å². The molecule has 0 bridgehead atoms. The van der Waals surface area contributed by atoms with Crippen molar-refractivity contribution in [3.8, 4) is 0 Å². The summed E-state index contributed by atoms with van der Waals surface area (Å²) in [6.07, 6.45) is 10.0. The third-order valence-electron chi connectivity index (χ3n) is 8.43. The molecule has 33 heavy (non-hydrogen) atoms. The first-order valence-electron chi connectivity index (χ1n) is 12.8. The summed E-state index contributed by atoms with van der Waals surface area (Å²) in [6.45, 7) is 5.00. The maximum absolute atomic E-state index is 12.0. The highest BCUT2D eigenvalue weighted by Gasteiger charge is 2.46. The predicted molar refractivity (Wildman–Crippen MR) is 130 cm³/mol. The van der Waals surface area contributed by atoms with Gasteiger partial charge in [0.1, 0.15) is 0 Å². The summed E-state index contributed by atoms with van der Waals surface area (Å²) in [5, 5.41) is 13.6. The second-order valence-electron chi connectivity index (χ2n) is 10.1. The van der Waals surface area contributed by atoms with Crippen molar-refractivity contribution in [3.05, 3.63) is 34.9 Å². The van der Waals surface area contributed by atoms with Crippen LogP contribution in [0.5, 0.6) is 0 Å². The molecule has 2 aliphatic carbocycles. The average Bonchev–Trinajstić information content (AvgIpc) is 2.83. The van der Waals surface area contributed by atoms with Gasteiger partial charge < -0.3 is 20.9 Å². The van der Waals surface area contributed by atoms with Gasteiger partial charge in [-0.15, -0.1) is 0 Å². The summed E-state index contributed by atoms with van der Waals surface area (Å²) in [6, 6.07) is 5.83. The van der Waals surface area contributed by atoms with Crippen molar-refractivity contribution in [2.24, 2.45) is 17.6 Å². The number of nitrogens with two attached hydrogens (primary N) is 1. The summed E-state index contributed by atoms with van der Waals surface area (Å²) >= 11 is 0. The van der Waals surface area contributed by atoms with E-state index in [0.717, 1.165) is 25.7 Å². The number of hydrogen-bond donors (Lipinski definition) is 3. The number of rotatable bonds is 11. The van der Waals surface area contributed by atoms with Gasteiger partial charge in [-0.3, -0.25) is 9.59 Å². The molecule has 0 heterocycles. The Kier molecular flexibility index (Phi) is 8.94. The monoisotopic (exact) mass is 458 g/mol. The van der Waals surface area contributed by atoms with Crippen molar-refractivity contribution in [2.75, 3.05) is 13.7 Å². The number of nitrogens with one attached hydrogen (secondary N) is 1. The first-order chi connectivity index (χ1) is 15.9. The Morgan fingerprint density at radius 3 is 2.48 bits per heavy atom. The molecule has 3 rings (SSSR count). The van der Waals surface area contributed by atoms with Crippen LogP contribution in [0.4, 0.5) is 0 Å². The molecule has 3 atom stereocenters. The Bertz CT molecular complexity index is 814. The normalized spacial score (nSPS) is 23.6. The van der Waals surface area contributed by atoms with Crippen molar-refractivity contribution in [2.45, 2.75) is 95.6 Å². The molecule has 1 amide bonds. The van der Waals surface area contributed by atoms with Crippen LogP contribution in [-0.2, 0) is 21.4 Å². The summed E-state index contributed by atoms with van der Waals surface area (Å²) < 4.78 is 5.95. The molecule has 1 saturated carbocycles. The zero-order chi connectivity index (χ0) is 24.0. The lowest BCUT2D eigenvalue weighted by atomic mass is 9.62. The van der Waals surface area contributed by atoms with Crippen LogP contribution in [0.2, 0.25) is 0 Å². The first kappa shape index (κ1) is 25.7. The van der Waals surface area contributed by atoms with Gasteiger partial charge >= 0.3 is 5.97 Å². The Hall–Kier alpha value is -1.92. The second-order valence-corrected chi connectivity index (χ2v) is 10.1. The number of amides is 1. The number of carbonyl (C=O) groups is 2. The highest BCUT2D eigenvalue weighted by atomic mass is 16.5. The lowest BCUT2D eigenvalue weighted by molar-refractivity contribution is -0.142. The molecule has 6 nitrogen and oxygen atoms in total. The van der Waals surface area contributed by atoms with E-state index in [4.69, 9.17) is 10.5 Å². The van der Waals surface area contributed by atoms with E-state index < -0.39 is 11.9 Å². The number of carboxylic acid groups (broad SMARTS) is 1. The van der Waals surface area contributed by atoms with Crippen LogP contribution >= 0.6 is 0 Å². The zero-order valence-electron chi connectivity index (χ0n) is 20.6. The number of carboxylic acids is 1. The summed E-state index contributed by atoms with van der Waals surface area (Å²) in [4.78, 5) is 23.9. The van der Waals surface area contributed by atoms with Gasteiger partial charge in [-0.25, -0.2) is 0 Å². The third kappa shape index (κ3) is 5.60. The lowest BCUT2D eigenvalue weighted by Gasteiger charge is -2.49. The van der Waals surface area contributed by atoms with Gasteiger partial charge in [-0.05, 0) is 61.4 Å². The van der Waals surface area contributed by atoms with Crippen molar-refractivity contribution >= 4 is 11.9 Å². The van der Waals surface area contributed by atoms with Crippen molar-refractivity contribution in [1.29, 1.82) is 0 Å². The number of hydrogen-bond acceptors (Lipinski definition) is 4. The van der Waals surface area contributed by atoms with Crippen molar-refractivity contribution in [1.82, 2.24) is 5.32 Å². The Morgan fingerprint density at radius 2 is 1.91 bits per heavy atom. The molecule has 1 unspecified atom stereocenters. The molecule has 1 aromatic carbocycles.